The van der Waals surface area contributed by atoms with Crippen molar-refractivity contribution < 1.29 is 9.84 Å². The number of halogens is 1. The summed E-state index contributed by atoms with van der Waals surface area (Å²) in [7, 11) is 0. The van der Waals surface area contributed by atoms with E-state index in [9.17, 15) is 5.11 Å². The zero-order valence-corrected chi connectivity index (χ0v) is 14.6. The van der Waals surface area contributed by atoms with Gasteiger partial charge in [-0.2, -0.15) is 0 Å². The molecule has 0 spiro atoms. The third kappa shape index (κ3) is 4.81. The van der Waals surface area contributed by atoms with Crippen molar-refractivity contribution >= 4 is 27.3 Å². The zero-order valence-electron chi connectivity index (χ0n) is 12.2. The van der Waals surface area contributed by atoms with Gasteiger partial charge in [0.1, 0.15) is 18.5 Å². The Hall–Kier alpha value is -0.880. The maximum absolute atomic E-state index is 9.99. The lowest BCUT2D eigenvalue weighted by Crippen LogP contribution is -2.31. The third-order valence-corrected chi connectivity index (χ3v) is 5.11. The predicted molar refractivity (Wildman–Crippen MR) is 91.1 cm³/mol. The fraction of sp³-hybridized carbons (Fsp3) is 0.375. The summed E-state index contributed by atoms with van der Waals surface area (Å²) in [4.78, 5) is 1.23. The van der Waals surface area contributed by atoms with E-state index in [0.29, 0.717) is 13.2 Å². The van der Waals surface area contributed by atoms with Gasteiger partial charge in [-0.3, -0.25) is 0 Å². The van der Waals surface area contributed by atoms with Crippen LogP contribution in [0.4, 0.5) is 0 Å². The van der Waals surface area contributed by atoms with Gasteiger partial charge >= 0.3 is 0 Å². The highest BCUT2D eigenvalue weighted by Gasteiger charge is 2.09. The molecule has 0 aliphatic carbocycles. The predicted octanol–water partition coefficient (Wildman–Crippen LogP) is 3.66. The van der Waals surface area contributed by atoms with Crippen molar-refractivity contribution in [2.45, 2.75) is 26.5 Å². The molecule has 0 amide bonds. The molecular formula is C16H20BrNO2S. The van der Waals surface area contributed by atoms with E-state index >= 15 is 0 Å². The van der Waals surface area contributed by atoms with Gasteiger partial charge in [-0.05, 0) is 52.4 Å². The minimum absolute atomic E-state index is 0.296. The van der Waals surface area contributed by atoms with Crippen molar-refractivity contribution in [3.8, 4) is 5.75 Å². The first-order chi connectivity index (χ1) is 10.1. The molecule has 1 aromatic carbocycles. The highest BCUT2D eigenvalue weighted by molar-refractivity contribution is 9.10. The van der Waals surface area contributed by atoms with Crippen LogP contribution in [0.2, 0.25) is 0 Å². The second-order valence-electron chi connectivity index (χ2n) is 5.01. The molecular weight excluding hydrogens is 350 g/mol. The highest BCUT2D eigenvalue weighted by Crippen LogP contribution is 2.23. The van der Waals surface area contributed by atoms with Crippen LogP contribution in [-0.4, -0.2) is 24.4 Å². The van der Waals surface area contributed by atoms with E-state index in [4.69, 9.17) is 4.74 Å². The molecule has 1 unspecified atom stereocenters. The Morgan fingerprint density at radius 1 is 1.29 bits per heavy atom. The molecule has 5 heteroatoms. The zero-order chi connectivity index (χ0) is 15.2. The van der Waals surface area contributed by atoms with Crippen LogP contribution in [0, 0.1) is 13.8 Å². The molecule has 0 saturated carbocycles. The van der Waals surface area contributed by atoms with Gasteiger partial charge in [-0.25, -0.2) is 0 Å². The minimum atomic E-state index is -0.525. The Kier molecular flexibility index (Phi) is 6.23. The summed E-state index contributed by atoms with van der Waals surface area (Å²) in [5.74, 6) is 0.873. The monoisotopic (exact) mass is 369 g/mol. The lowest BCUT2D eigenvalue weighted by atomic mass is 10.1. The van der Waals surface area contributed by atoms with Gasteiger partial charge in [0.05, 0.1) is 0 Å². The molecule has 2 aromatic rings. The van der Waals surface area contributed by atoms with Crippen molar-refractivity contribution in [1.29, 1.82) is 0 Å². The van der Waals surface area contributed by atoms with Crippen LogP contribution in [0.3, 0.4) is 0 Å². The second-order valence-corrected chi connectivity index (χ2v) is 6.86. The molecule has 0 aliphatic rings. The largest absolute Gasteiger partial charge is 0.490 e. The van der Waals surface area contributed by atoms with Crippen LogP contribution >= 0.6 is 27.3 Å². The van der Waals surface area contributed by atoms with Crippen molar-refractivity contribution in [1.82, 2.24) is 5.32 Å². The quantitative estimate of drug-likeness (QED) is 0.782. The number of para-hydroxylation sites is 1. The number of aliphatic hydroxyl groups is 1. The second kappa shape index (κ2) is 7.94. The first-order valence-electron chi connectivity index (χ1n) is 6.87. The van der Waals surface area contributed by atoms with Crippen LogP contribution in [-0.2, 0) is 6.54 Å². The van der Waals surface area contributed by atoms with Gasteiger partial charge in [0.25, 0.3) is 0 Å². The third-order valence-electron chi connectivity index (χ3n) is 3.19. The number of thiophene rings is 1. The van der Waals surface area contributed by atoms with Crippen molar-refractivity contribution in [3.05, 3.63) is 50.1 Å². The first-order valence-corrected chi connectivity index (χ1v) is 8.55. The number of benzene rings is 1. The average molecular weight is 370 g/mol. The van der Waals surface area contributed by atoms with Crippen molar-refractivity contribution in [3.63, 3.8) is 0 Å². The number of hydrogen-bond donors (Lipinski definition) is 2. The van der Waals surface area contributed by atoms with Gasteiger partial charge in [0, 0.05) is 22.4 Å². The van der Waals surface area contributed by atoms with E-state index in [1.165, 1.54) is 4.88 Å². The number of nitrogens with one attached hydrogen (secondary N) is 1. The summed E-state index contributed by atoms with van der Waals surface area (Å²) < 4.78 is 6.86. The maximum Gasteiger partial charge on any atom is 0.125 e. The summed E-state index contributed by atoms with van der Waals surface area (Å²) in [6, 6.07) is 8.07. The number of rotatable bonds is 7. The van der Waals surface area contributed by atoms with Crippen LogP contribution in [0.15, 0.2) is 34.1 Å². The number of hydrogen-bond acceptors (Lipinski definition) is 4. The smallest absolute Gasteiger partial charge is 0.125 e. The number of aryl methyl sites for hydroxylation is 2. The SMILES string of the molecule is Cc1cccc(C)c1OCC(O)CNCc1sccc1Br. The van der Waals surface area contributed by atoms with Crippen molar-refractivity contribution in [2.75, 3.05) is 13.2 Å². The van der Waals surface area contributed by atoms with Crippen LogP contribution in [0.25, 0.3) is 0 Å². The lowest BCUT2D eigenvalue weighted by molar-refractivity contribution is 0.105. The van der Waals surface area contributed by atoms with E-state index in [1.807, 2.05) is 43.5 Å². The normalized spacial score (nSPS) is 12.4. The Morgan fingerprint density at radius 3 is 2.62 bits per heavy atom. The van der Waals surface area contributed by atoms with Crippen LogP contribution < -0.4 is 10.1 Å². The molecule has 0 radical (unpaired) electrons. The van der Waals surface area contributed by atoms with E-state index in [0.717, 1.165) is 27.9 Å². The molecule has 2 rings (SSSR count). The molecule has 0 saturated heterocycles. The standard InChI is InChI=1S/C16H20BrNO2S/c1-11-4-3-5-12(2)16(11)20-10-13(19)8-18-9-15-14(17)6-7-21-15/h3-7,13,18-19H,8-10H2,1-2H3. The molecule has 0 fully saturated rings. The van der Waals surface area contributed by atoms with Crippen LogP contribution in [0.5, 0.6) is 5.75 Å². The number of ether oxygens (including phenoxy) is 1. The molecule has 1 heterocycles. The molecule has 1 atom stereocenters. The average Bonchev–Trinajstić information content (AvgIpc) is 2.84. The van der Waals surface area contributed by atoms with Gasteiger partial charge in [-0.1, -0.05) is 18.2 Å². The molecule has 114 valence electrons. The summed E-state index contributed by atoms with van der Waals surface area (Å²) >= 11 is 5.19. The van der Waals surface area contributed by atoms with Gasteiger partial charge < -0.3 is 15.2 Å². The van der Waals surface area contributed by atoms with Gasteiger partial charge in [-0.15, -0.1) is 11.3 Å². The Labute approximate surface area is 138 Å². The Balaban J connectivity index is 1.75. The molecule has 2 N–H and O–H groups in total. The van der Waals surface area contributed by atoms with Crippen LogP contribution in [0.1, 0.15) is 16.0 Å². The molecule has 0 aliphatic heterocycles. The fourth-order valence-electron chi connectivity index (χ4n) is 2.07. The molecule has 3 nitrogen and oxygen atoms in total. The summed E-state index contributed by atoms with van der Waals surface area (Å²) in [5, 5.41) is 15.3. The maximum atomic E-state index is 9.99. The molecule has 0 bridgehead atoms. The topological polar surface area (TPSA) is 41.5 Å². The summed E-state index contributed by atoms with van der Waals surface area (Å²) in [5.41, 5.74) is 2.19. The Bertz CT molecular complexity index is 565. The lowest BCUT2D eigenvalue weighted by Gasteiger charge is -2.16. The minimum Gasteiger partial charge on any atom is -0.490 e. The van der Waals surface area contributed by atoms with Gasteiger partial charge in [0.15, 0.2) is 0 Å². The first kappa shape index (κ1) is 16.5. The van der Waals surface area contributed by atoms with E-state index in [-0.39, 0.29) is 0 Å². The summed E-state index contributed by atoms with van der Waals surface area (Å²) in [6.07, 6.45) is -0.525. The highest BCUT2D eigenvalue weighted by atomic mass is 79.9. The van der Waals surface area contributed by atoms with E-state index < -0.39 is 6.10 Å². The van der Waals surface area contributed by atoms with Crippen molar-refractivity contribution in [2.24, 2.45) is 0 Å². The Morgan fingerprint density at radius 2 is 2.00 bits per heavy atom. The van der Waals surface area contributed by atoms with E-state index in [1.54, 1.807) is 11.3 Å². The summed E-state index contributed by atoms with van der Waals surface area (Å²) in [6.45, 7) is 5.58. The van der Waals surface area contributed by atoms with E-state index in [2.05, 4.69) is 21.2 Å². The molecule has 1 aromatic heterocycles. The number of aliphatic hydroxyl groups excluding tert-OH is 1. The molecule has 21 heavy (non-hydrogen) atoms. The fourth-order valence-corrected chi connectivity index (χ4v) is 3.53. The van der Waals surface area contributed by atoms with Gasteiger partial charge in [0.2, 0.25) is 0 Å².